The summed E-state index contributed by atoms with van der Waals surface area (Å²) >= 11 is 0. The van der Waals surface area contributed by atoms with Crippen molar-refractivity contribution in [2.75, 3.05) is 0 Å². The molecule has 4 heteroatoms. The minimum atomic E-state index is -2.45. The van der Waals surface area contributed by atoms with E-state index in [2.05, 4.69) is 85.4 Å². The Hall–Kier alpha value is -3.76. The van der Waals surface area contributed by atoms with Gasteiger partial charge in [0.25, 0.3) is 0 Å². The fourth-order valence-corrected chi connectivity index (χ4v) is 8.83. The maximum Gasteiger partial charge on any atom is 0.608 e. The fourth-order valence-electron chi connectivity index (χ4n) is 5.11. The molecule has 3 nitrogen and oxygen atoms in total. The summed E-state index contributed by atoms with van der Waals surface area (Å²) in [7, 11) is -2.45. The van der Waals surface area contributed by atoms with Crippen LogP contribution in [0, 0.1) is 6.92 Å². The van der Waals surface area contributed by atoms with Crippen molar-refractivity contribution >= 4 is 50.9 Å². The van der Waals surface area contributed by atoms with Gasteiger partial charge in [-0.2, -0.15) is 4.79 Å². The average molecular weight is 433 g/mol. The Morgan fingerprint density at radius 1 is 0.719 bits per heavy atom. The molecule has 0 unspecified atom stereocenters. The molecule has 0 aliphatic heterocycles. The average Bonchev–Trinajstić information content (AvgIpc) is 2.84. The maximum atomic E-state index is 13.2. The molecule has 0 N–H and O–H groups in total. The summed E-state index contributed by atoms with van der Waals surface area (Å²) in [5.74, 6) is -0.335. The van der Waals surface area contributed by atoms with E-state index in [4.69, 9.17) is 4.42 Å². The third kappa shape index (κ3) is 2.53. The SMILES string of the molecule is Cc1ccc2ccc3ccc([Si](C)(c4ccccc4)c4ccccc4)c4oc(=O)[n+]1c2c34. The zero-order valence-corrected chi connectivity index (χ0v) is 19.0. The van der Waals surface area contributed by atoms with E-state index in [1.165, 1.54) is 10.4 Å². The highest BCUT2D eigenvalue weighted by Crippen LogP contribution is 2.28. The molecule has 2 aromatic heterocycles. The van der Waals surface area contributed by atoms with E-state index >= 15 is 0 Å². The van der Waals surface area contributed by atoms with Gasteiger partial charge in [-0.15, -0.1) is 0 Å². The van der Waals surface area contributed by atoms with Gasteiger partial charge in [0, 0.05) is 18.4 Å². The van der Waals surface area contributed by atoms with Crippen molar-refractivity contribution < 1.29 is 8.82 Å². The Bertz CT molecular complexity index is 1620. The van der Waals surface area contributed by atoms with Crippen LogP contribution in [-0.2, 0) is 0 Å². The second-order valence-corrected chi connectivity index (χ2v) is 12.5. The van der Waals surface area contributed by atoms with Gasteiger partial charge in [-0.3, -0.25) is 0 Å². The lowest BCUT2D eigenvalue weighted by Crippen LogP contribution is -2.65. The van der Waals surface area contributed by atoms with Crippen LogP contribution in [-0.4, -0.2) is 8.07 Å². The number of rotatable bonds is 3. The third-order valence-corrected chi connectivity index (χ3v) is 11.3. The molecule has 0 saturated carbocycles. The zero-order valence-electron chi connectivity index (χ0n) is 18.0. The van der Waals surface area contributed by atoms with E-state index in [1.54, 1.807) is 4.40 Å². The monoisotopic (exact) mass is 432 g/mol. The number of hydrogen-bond donors (Lipinski definition) is 0. The predicted molar refractivity (Wildman–Crippen MR) is 132 cm³/mol. The molecule has 0 spiro atoms. The lowest BCUT2D eigenvalue weighted by Gasteiger charge is -2.29. The first-order chi connectivity index (χ1) is 15.6. The van der Waals surface area contributed by atoms with Crippen molar-refractivity contribution in [2.45, 2.75) is 13.5 Å². The van der Waals surface area contributed by atoms with Crippen LogP contribution < -0.4 is 25.7 Å². The minimum absolute atomic E-state index is 0.335. The molecular formula is C28H22NO2Si+. The highest BCUT2D eigenvalue weighted by molar-refractivity contribution is 7.11. The molecule has 0 atom stereocenters. The number of aromatic nitrogens is 1. The number of pyridine rings is 1. The van der Waals surface area contributed by atoms with E-state index < -0.39 is 8.07 Å². The normalized spacial score (nSPS) is 12.2. The number of aryl methyl sites for hydroxylation is 1. The Balaban J connectivity index is 1.82. The van der Waals surface area contributed by atoms with E-state index in [1.807, 2.05) is 25.1 Å². The molecule has 6 aromatic rings. The van der Waals surface area contributed by atoms with Gasteiger partial charge in [0.2, 0.25) is 5.52 Å². The van der Waals surface area contributed by atoms with Gasteiger partial charge in [-0.05, 0) is 33.1 Å². The third-order valence-electron chi connectivity index (χ3n) is 6.84. The summed E-state index contributed by atoms with van der Waals surface area (Å²) in [5.41, 5.74) is 2.52. The topological polar surface area (TPSA) is 34.3 Å². The molecule has 0 aliphatic rings. The van der Waals surface area contributed by atoms with Crippen LogP contribution in [0.15, 0.2) is 106 Å². The van der Waals surface area contributed by atoms with Gasteiger partial charge in [-0.25, -0.2) is 0 Å². The van der Waals surface area contributed by atoms with Gasteiger partial charge in [0.05, 0.1) is 5.39 Å². The smallest absolute Gasteiger partial charge is 0.371 e. The van der Waals surface area contributed by atoms with E-state index in [0.29, 0.717) is 5.58 Å². The molecule has 4 aromatic carbocycles. The van der Waals surface area contributed by atoms with Crippen molar-refractivity contribution in [1.29, 1.82) is 0 Å². The number of hydrogen-bond acceptors (Lipinski definition) is 2. The molecule has 2 heterocycles. The second-order valence-electron chi connectivity index (χ2n) is 8.58. The molecule has 0 bridgehead atoms. The van der Waals surface area contributed by atoms with Crippen molar-refractivity contribution in [3.05, 3.63) is 113 Å². The van der Waals surface area contributed by atoms with E-state index in [9.17, 15) is 4.79 Å². The Morgan fingerprint density at radius 3 is 1.94 bits per heavy atom. The van der Waals surface area contributed by atoms with E-state index in [-0.39, 0.29) is 5.76 Å². The summed E-state index contributed by atoms with van der Waals surface area (Å²) in [6, 6.07) is 33.9. The van der Waals surface area contributed by atoms with Crippen molar-refractivity contribution in [2.24, 2.45) is 0 Å². The molecule has 32 heavy (non-hydrogen) atoms. The van der Waals surface area contributed by atoms with Crippen molar-refractivity contribution in [1.82, 2.24) is 0 Å². The number of benzene rings is 4. The van der Waals surface area contributed by atoms with Gasteiger partial charge in [-0.1, -0.05) is 89.8 Å². The molecule has 0 aliphatic carbocycles. The molecule has 0 saturated heterocycles. The molecule has 6 rings (SSSR count). The van der Waals surface area contributed by atoms with Gasteiger partial charge in [0.15, 0.2) is 11.3 Å². The van der Waals surface area contributed by atoms with Crippen LogP contribution in [0.4, 0.5) is 0 Å². The predicted octanol–water partition coefficient (Wildman–Crippen LogP) is 3.53. The molecule has 154 valence electrons. The quantitative estimate of drug-likeness (QED) is 0.186. The fraction of sp³-hybridized carbons (Fsp3) is 0.0714. The highest BCUT2D eigenvalue weighted by Gasteiger charge is 2.38. The second kappa shape index (κ2) is 6.87. The summed E-state index contributed by atoms with van der Waals surface area (Å²) in [6.45, 7) is 4.30. The summed E-state index contributed by atoms with van der Waals surface area (Å²) in [6.07, 6.45) is 0. The van der Waals surface area contributed by atoms with Gasteiger partial charge < -0.3 is 4.42 Å². The van der Waals surface area contributed by atoms with Gasteiger partial charge >= 0.3 is 5.76 Å². The van der Waals surface area contributed by atoms with E-state index in [0.717, 1.165) is 32.6 Å². The maximum absolute atomic E-state index is 13.2. The van der Waals surface area contributed by atoms with Gasteiger partial charge in [0.1, 0.15) is 8.07 Å². The lowest BCUT2D eigenvalue weighted by atomic mass is 10.0. The molecule has 0 amide bonds. The Morgan fingerprint density at radius 2 is 1.28 bits per heavy atom. The van der Waals surface area contributed by atoms with Crippen LogP contribution in [0.25, 0.3) is 27.3 Å². The first kappa shape index (κ1) is 19.0. The Labute approximate surface area is 186 Å². The summed E-state index contributed by atoms with van der Waals surface area (Å²) in [4.78, 5) is 13.2. The minimum Gasteiger partial charge on any atom is -0.371 e. The first-order valence-electron chi connectivity index (χ1n) is 10.8. The lowest BCUT2D eigenvalue weighted by molar-refractivity contribution is -0.549. The molecular weight excluding hydrogens is 410 g/mol. The van der Waals surface area contributed by atoms with Crippen molar-refractivity contribution in [3.63, 3.8) is 0 Å². The summed E-state index contributed by atoms with van der Waals surface area (Å²) in [5, 5.41) is 6.84. The largest absolute Gasteiger partial charge is 0.608 e. The van der Waals surface area contributed by atoms with Crippen LogP contribution in [0.3, 0.4) is 0 Å². The van der Waals surface area contributed by atoms with Crippen LogP contribution in [0.2, 0.25) is 6.55 Å². The van der Waals surface area contributed by atoms with Crippen LogP contribution in [0.1, 0.15) is 5.69 Å². The number of nitrogens with zero attached hydrogens (tertiary/aromatic N) is 1. The standard InChI is InChI=1S/C28H22NO2Si/c1-19-13-14-21-16-15-20-17-18-24(27-25(20)26(21)29(19)28(30)31-27)32(2,22-9-5-3-6-10-22)23-11-7-4-8-12-23/h3-18H,1-2H3/q+1. The van der Waals surface area contributed by atoms with Crippen molar-refractivity contribution in [3.8, 4) is 0 Å². The Kier molecular flexibility index (Phi) is 4.07. The highest BCUT2D eigenvalue weighted by atomic mass is 28.3. The molecule has 0 fully saturated rings. The van der Waals surface area contributed by atoms with Crippen LogP contribution in [0.5, 0.6) is 0 Å². The van der Waals surface area contributed by atoms with Crippen LogP contribution >= 0.6 is 0 Å². The molecule has 0 radical (unpaired) electrons. The first-order valence-corrected chi connectivity index (χ1v) is 13.3. The zero-order chi connectivity index (χ0) is 21.9. The summed E-state index contributed by atoms with van der Waals surface area (Å²) < 4.78 is 7.86.